The van der Waals surface area contributed by atoms with E-state index in [1.165, 1.54) is 0 Å². The number of nitrogens with one attached hydrogen (secondary N) is 2. The monoisotopic (exact) mass is 321 g/mol. The zero-order valence-corrected chi connectivity index (χ0v) is 14.3. The summed E-state index contributed by atoms with van der Waals surface area (Å²) in [4.78, 5) is 23.6. The van der Waals surface area contributed by atoms with Crippen LogP contribution in [0.15, 0.2) is 24.3 Å². The second-order valence-electron chi connectivity index (χ2n) is 6.27. The molecule has 0 aliphatic heterocycles. The van der Waals surface area contributed by atoms with Gasteiger partial charge in [-0.1, -0.05) is 33.8 Å². The van der Waals surface area contributed by atoms with Gasteiger partial charge in [-0.15, -0.1) is 0 Å². The molecule has 0 unspecified atom stereocenters. The number of carbonyl (C=O) groups excluding carboxylic acids is 2. The van der Waals surface area contributed by atoms with E-state index < -0.39 is 6.04 Å². The Morgan fingerprint density at radius 2 is 1.91 bits per heavy atom. The number of carbonyl (C=O) groups is 2. The Bertz CT molecular complexity index is 530. The molecule has 1 atom stereocenters. The fourth-order valence-corrected chi connectivity index (χ4v) is 1.72. The summed E-state index contributed by atoms with van der Waals surface area (Å²) in [6.45, 7) is 8.34. The van der Waals surface area contributed by atoms with E-state index in [1.54, 1.807) is 18.2 Å². The van der Waals surface area contributed by atoms with Crippen LogP contribution in [-0.4, -0.2) is 31.0 Å². The summed E-state index contributed by atoms with van der Waals surface area (Å²) in [5.41, 5.74) is 6.34. The van der Waals surface area contributed by atoms with E-state index in [2.05, 4.69) is 24.5 Å². The maximum atomic E-state index is 11.9. The molecule has 0 spiro atoms. The van der Waals surface area contributed by atoms with Crippen molar-refractivity contribution in [3.05, 3.63) is 24.3 Å². The minimum Gasteiger partial charge on any atom is -0.493 e. The summed E-state index contributed by atoms with van der Waals surface area (Å²) < 4.78 is 5.61. The highest BCUT2D eigenvalue weighted by Gasteiger charge is 2.17. The first-order chi connectivity index (χ1) is 10.8. The molecule has 0 saturated carbocycles. The van der Waals surface area contributed by atoms with Crippen molar-refractivity contribution >= 4 is 17.5 Å². The predicted molar refractivity (Wildman–Crippen MR) is 91.2 cm³/mol. The Morgan fingerprint density at radius 3 is 2.52 bits per heavy atom. The molecule has 128 valence electrons. The summed E-state index contributed by atoms with van der Waals surface area (Å²) in [6, 6.07) is 6.54. The second kappa shape index (κ2) is 9.15. The van der Waals surface area contributed by atoms with Gasteiger partial charge in [-0.25, -0.2) is 0 Å². The Kier molecular flexibility index (Phi) is 7.54. The summed E-state index contributed by atoms with van der Waals surface area (Å²) in [7, 11) is 0. The molecule has 0 bridgehead atoms. The molecule has 0 saturated heterocycles. The number of hydrogen-bond donors (Lipinski definition) is 3. The maximum absolute atomic E-state index is 11.9. The topological polar surface area (TPSA) is 93.5 Å². The van der Waals surface area contributed by atoms with Gasteiger partial charge < -0.3 is 21.1 Å². The molecule has 4 N–H and O–H groups in total. The largest absolute Gasteiger partial charge is 0.493 e. The quantitative estimate of drug-likeness (QED) is 0.680. The zero-order valence-electron chi connectivity index (χ0n) is 14.3. The van der Waals surface area contributed by atoms with Gasteiger partial charge in [0.1, 0.15) is 5.75 Å². The Hall–Kier alpha value is -2.08. The van der Waals surface area contributed by atoms with Gasteiger partial charge in [-0.2, -0.15) is 0 Å². The number of anilines is 1. The molecule has 0 aliphatic carbocycles. The Balaban J connectivity index is 2.48. The molecular formula is C17H27N3O3. The molecule has 2 amide bonds. The Morgan fingerprint density at radius 1 is 1.22 bits per heavy atom. The number of hydrogen-bond acceptors (Lipinski definition) is 4. The van der Waals surface area contributed by atoms with Crippen molar-refractivity contribution in [3.8, 4) is 5.75 Å². The van der Waals surface area contributed by atoms with Gasteiger partial charge >= 0.3 is 0 Å². The lowest BCUT2D eigenvalue weighted by molar-refractivity contribution is -0.125. The van der Waals surface area contributed by atoms with Crippen molar-refractivity contribution in [2.24, 2.45) is 17.6 Å². The van der Waals surface area contributed by atoms with Crippen LogP contribution >= 0.6 is 0 Å². The summed E-state index contributed by atoms with van der Waals surface area (Å²) >= 11 is 0. The average molecular weight is 321 g/mol. The first kappa shape index (κ1) is 19.0. The minimum absolute atomic E-state index is 0.0212. The van der Waals surface area contributed by atoms with E-state index in [4.69, 9.17) is 10.5 Å². The fraction of sp³-hybridized carbons (Fsp3) is 0.529. The van der Waals surface area contributed by atoms with Crippen molar-refractivity contribution in [2.45, 2.75) is 33.7 Å². The van der Waals surface area contributed by atoms with E-state index in [1.807, 2.05) is 19.9 Å². The molecule has 0 radical (unpaired) electrons. The second-order valence-corrected chi connectivity index (χ2v) is 6.27. The van der Waals surface area contributed by atoms with Crippen molar-refractivity contribution < 1.29 is 14.3 Å². The fourth-order valence-electron chi connectivity index (χ4n) is 1.72. The SMILES string of the molecule is CC(C)COc1cccc(NC(=O)CNC(=O)[C@@H](N)C(C)C)c1. The number of ether oxygens (including phenoxy) is 1. The highest BCUT2D eigenvalue weighted by molar-refractivity contribution is 5.95. The van der Waals surface area contributed by atoms with Crippen LogP contribution in [0.3, 0.4) is 0 Å². The van der Waals surface area contributed by atoms with Gasteiger partial charge in [-0.05, 0) is 24.0 Å². The van der Waals surface area contributed by atoms with Crippen LogP contribution < -0.4 is 21.1 Å². The maximum Gasteiger partial charge on any atom is 0.243 e. The molecule has 1 aromatic carbocycles. The molecule has 0 aliphatic rings. The summed E-state index contributed by atoms with van der Waals surface area (Å²) in [6.07, 6.45) is 0. The highest BCUT2D eigenvalue weighted by Crippen LogP contribution is 2.17. The molecule has 1 aromatic rings. The molecule has 0 fully saturated rings. The lowest BCUT2D eigenvalue weighted by Gasteiger charge is -2.15. The normalized spacial score (nSPS) is 12.1. The summed E-state index contributed by atoms with van der Waals surface area (Å²) in [5.74, 6) is 0.503. The van der Waals surface area contributed by atoms with E-state index in [-0.39, 0.29) is 24.3 Å². The molecule has 6 nitrogen and oxygen atoms in total. The molecule has 23 heavy (non-hydrogen) atoms. The zero-order chi connectivity index (χ0) is 17.4. The van der Waals surface area contributed by atoms with E-state index in [0.717, 1.165) is 0 Å². The predicted octanol–water partition coefficient (Wildman–Crippen LogP) is 1.76. The van der Waals surface area contributed by atoms with Crippen molar-refractivity contribution in [3.63, 3.8) is 0 Å². The number of amides is 2. The number of rotatable bonds is 8. The first-order valence-corrected chi connectivity index (χ1v) is 7.85. The van der Waals surface area contributed by atoms with Crippen LogP contribution in [0, 0.1) is 11.8 Å². The first-order valence-electron chi connectivity index (χ1n) is 7.85. The number of nitrogens with two attached hydrogens (primary N) is 1. The van der Waals surface area contributed by atoms with Gasteiger partial charge in [0.15, 0.2) is 0 Å². The lowest BCUT2D eigenvalue weighted by Crippen LogP contribution is -2.46. The third-order valence-corrected chi connectivity index (χ3v) is 3.15. The molecule has 1 rings (SSSR count). The van der Waals surface area contributed by atoms with E-state index >= 15 is 0 Å². The third-order valence-electron chi connectivity index (χ3n) is 3.15. The van der Waals surface area contributed by atoms with Gasteiger partial charge in [0.2, 0.25) is 11.8 Å². The number of benzene rings is 1. The summed E-state index contributed by atoms with van der Waals surface area (Å²) in [5, 5.41) is 5.25. The third kappa shape index (κ3) is 7.15. The molecule has 6 heteroatoms. The van der Waals surface area contributed by atoms with Crippen molar-refractivity contribution in [1.82, 2.24) is 5.32 Å². The van der Waals surface area contributed by atoms with Crippen LogP contribution in [-0.2, 0) is 9.59 Å². The average Bonchev–Trinajstić information content (AvgIpc) is 2.50. The van der Waals surface area contributed by atoms with Gasteiger partial charge in [0.25, 0.3) is 0 Å². The van der Waals surface area contributed by atoms with Crippen molar-refractivity contribution in [1.29, 1.82) is 0 Å². The van der Waals surface area contributed by atoms with Gasteiger partial charge in [0, 0.05) is 11.8 Å². The van der Waals surface area contributed by atoms with Crippen LogP contribution in [0.2, 0.25) is 0 Å². The van der Waals surface area contributed by atoms with E-state index in [0.29, 0.717) is 24.0 Å². The van der Waals surface area contributed by atoms with Crippen molar-refractivity contribution in [2.75, 3.05) is 18.5 Å². The molecule has 0 heterocycles. The minimum atomic E-state index is -0.615. The van der Waals surface area contributed by atoms with Gasteiger partial charge in [-0.3, -0.25) is 9.59 Å². The van der Waals surface area contributed by atoms with Crippen LogP contribution in [0.5, 0.6) is 5.75 Å². The van der Waals surface area contributed by atoms with E-state index in [9.17, 15) is 9.59 Å². The Labute approximate surface area is 137 Å². The smallest absolute Gasteiger partial charge is 0.243 e. The molecule has 0 aromatic heterocycles. The van der Waals surface area contributed by atoms with Crippen LogP contribution in [0.1, 0.15) is 27.7 Å². The molecular weight excluding hydrogens is 294 g/mol. The van der Waals surface area contributed by atoms with Crippen LogP contribution in [0.25, 0.3) is 0 Å². The standard InChI is InChI=1S/C17H27N3O3/c1-11(2)10-23-14-7-5-6-13(8-14)20-15(21)9-19-17(22)16(18)12(3)4/h5-8,11-12,16H,9-10,18H2,1-4H3,(H,19,22)(H,20,21)/t16-/m0/s1. The van der Waals surface area contributed by atoms with Crippen LogP contribution in [0.4, 0.5) is 5.69 Å². The lowest BCUT2D eigenvalue weighted by atomic mass is 10.1. The highest BCUT2D eigenvalue weighted by atomic mass is 16.5. The van der Waals surface area contributed by atoms with Gasteiger partial charge in [0.05, 0.1) is 19.2 Å².